The van der Waals surface area contributed by atoms with E-state index in [2.05, 4.69) is 10.1 Å². The first kappa shape index (κ1) is 13.1. The number of nitrogens with zero attached hydrogens (tertiary/aromatic N) is 3. The Morgan fingerprint density at radius 3 is 2.76 bits per heavy atom. The van der Waals surface area contributed by atoms with E-state index < -0.39 is 5.97 Å². The molecular weight excluding hydrogens is 270 g/mol. The van der Waals surface area contributed by atoms with Crippen LogP contribution in [0, 0.1) is 0 Å². The van der Waals surface area contributed by atoms with E-state index in [1.54, 1.807) is 30.2 Å². The Labute approximate surface area is 121 Å². The van der Waals surface area contributed by atoms with Crippen molar-refractivity contribution in [2.45, 2.75) is 6.92 Å². The van der Waals surface area contributed by atoms with Crippen molar-refractivity contribution in [2.75, 3.05) is 6.61 Å². The van der Waals surface area contributed by atoms with E-state index >= 15 is 0 Å². The summed E-state index contributed by atoms with van der Waals surface area (Å²) in [6.07, 6.45) is 3.10. The fourth-order valence-corrected chi connectivity index (χ4v) is 1.92. The number of carbonyl (C=O) groups is 1. The van der Waals surface area contributed by atoms with Crippen LogP contribution in [0.2, 0.25) is 0 Å². The van der Waals surface area contributed by atoms with Gasteiger partial charge in [-0.15, -0.1) is 5.10 Å². The van der Waals surface area contributed by atoms with Crippen LogP contribution >= 0.6 is 0 Å². The molecule has 0 saturated heterocycles. The van der Waals surface area contributed by atoms with Crippen LogP contribution in [-0.2, 0) is 4.74 Å². The molecular formula is C15H13N3O3. The van der Waals surface area contributed by atoms with Crippen molar-refractivity contribution in [3.05, 3.63) is 54.7 Å². The van der Waals surface area contributed by atoms with Gasteiger partial charge in [0.05, 0.1) is 24.1 Å². The Balaban J connectivity index is 2.11. The predicted molar refractivity (Wildman–Crippen MR) is 75.0 cm³/mol. The Morgan fingerprint density at radius 2 is 2.10 bits per heavy atom. The van der Waals surface area contributed by atoms with Crippen LogP contribution in [0.3, 0.4) is 0 Å². The molecule has 6 nitrogen and oxygen atoms in total. The smallest absolute Gasteiger partial charge is 0.378 e. The molecule has 6 heteroatoms. The fraction of sp³-hybridized carbons (Fsp3) is 0.133. The highest BCUT2D eigenvalue weighted by atomic mass is 16.5. The van der Waals surface area contributed by atoms with Crippen molar-refractivity contribution in [2.24, 2.45) is 0 Å². The highest BCUT2D eigenvalue weighted by Crippen LogP contribution is 2.21. The molecule has 0 aliphatic rings. The molecule has 106 valence electrons. The van der Waals surface area contributed by atoms with Gasteiger partial charge in [0.2, 0.25) is 0 Å². The maximum atomic E-state index is 11.8. The number of furan rings is 1. The average Bonchev–Trinajstić information content (AvgIpc) is 3.17. The summed E-state index contributed by atoms with van der Waals surface area (Å²) in [4.78, 5) is 16.1. The first-order chi connectivity index (χ1) is 10.3. The summed E-state index contributed by atoms with van der Waals surface area (Å²) in [5, 5.41) is 4.24. The van der Waals surface area contributed by atoms with E-state index in [4.69, 9.17) is 9.15 Å². The van der Waals surface area contributed by atoms with Crippen LogP contribution in [0.5, 0.6) is 0 Å². The maximum Gasteiger partial charge on any atom is 0.378 e. The minimum Gasteiger partial charge on any atom is -0.472 e. The highest BCUT2D eigenvalue weighted by molar-refractivity contribution is 5.85. The number of ether oxygens (including phenoxy) is 1. The van der Waals surface area contributed by atoms with Crippen molar-refractivity contribution in [3.63, 3.8) is 0 Å². The Hall–Kier alpha value is -2.89. The number of rotatable bonds is 4. The SMILES string of the molecule is CCOC(=O)c1nc(-c2ccoc2)n(-c2ccccc2)n1. The second-order valence-electron chi connectivity index (χ2n) is 4.24. The summed E-state index contributed by atoms with van der Waals surface area (Å²) >= 11 is 0. The van der Waals surface area contributed by atoms with E-state index in [-0.39, 0.29) is 12.4 Å². The van der Waals surface area contributed by atoms with Crippen molar-refractivity contribution >= 4 is 5.97 Å². The van der Waals surface area contributed by atoms with E-state index in [0.29, 0.717) is 5.82 Å². The molecule has 0 aliphatic heterocycles. The number of benzene rings is 1. The second kappa shape index (κ2) is 5.62. The fourth-order valence-electron chi connectivity index (χ4n) is 1.92. The Morgan fingerprint density at radius 1 is 1.29 bits per heavy atom. The third-order valence-electron chi connectivity index (χ3n) is 2.85. The normalized spacial score (nSPS) is 10.5. The molecule has 0 amide bonds. The lowest BCUT2D eigenvalue weighted by atomic mass is 10.3. The molecule has 2 aromatic heterocycles. The highest BCUT2D eigenvalue weighted by Gasteiger charge is 2.19. The summed E-state index contributed by atoms with van der Waals surface area (Å²) in [6.45, 7) is 2.02. The van der Waals surface area contributed by atoms with E-state index in [0.717, 1.165) is 11.3 Å². The molecule has 0 spiro atoms. The first-order valence-electron chi connectivity index (χ1n) is 6.51. The molecule has 0 bridgehead atoms. The predicted octanol–water partition coefficient (Wildman–Crippen LogP) is 2.70. The monoisotopic (exact) mass is 283 g/mol. The Kier molecular flexibility index (Phi) is 3.51. The third-order valence-corrected chi connectivity index (χ3v) is 2.85. The van der Waals surface area contributed by atoms with E-state index in [9.17, 15) is 4.79 Å². The first-order valence-corrected chi connectivity index (χ1v) is 6.51. The molecule has 1 aromatic carbocycles. The molecule has 3 aromatic rings. The molecule has 21 heavy (non-hydrogen) atoms. The zero-order chi connectivity index (χ0) is 14.7. The summed E-state index contributed by atoms with van der Waals surface area (Å²) < 4.78 is 11.6. The van der Waals surface area contributed by atoms with Crippen molar-refractivity contribution in [3.8, 4) is 17.1 Å². The van der Waals surface area contributed by atoms with Crippen LogP contribution in [-0.4, -0.2) is 27.3 Å². The van der Waals surface area contributed by atoms with Crippen LogP contribution in [0.15, 0.2) is 53.3 Å². The van der Waals surface area contributed by atoms with Gasteiger partial charge in [0.1, 0.15) is 6.26 Å². The lowest BCUT2D eigenvalue weighted by molar-refractivity contribution is 0.0512. The molecule has 0 saturated carbocycles. The second-order valence-corrected chi connectivity index (χ2v) is 4.24. The number of hydrogen-bond acceptors (Lipinski definition) is 5. The van der Waals surface area contributed by atoms with E-state index in [1.165, 1.54) is 0 Å². The van der Waals surface area contributed by atoms with Crippen LogP contribution in [0.1, 0.15) is 17.5 Å². The van der Waals surface area contributed by atoms with Crippen molar-refractivity contribution in [1.29, 1.82) is 0 Å². The Bertz CT molecular complexity index is 733. The van der Waals surface area contributed by atoms with Crippen molar-refractivity contribution in [1.82, 2.24) is 14.8 Å². The van der Waals surface area contributed by atoms with Gasteiger partial charge in [-0.3, -0.25) is 0 Å². The lowest BCUT2D eigenvalue weighted by Gasteiger charge is -2.03. The molecule has 0 atom stereocenters. The number of carbonyl (C=O) groups excluding carboxylic acids is 1. The van der Waals surface area contributed by atoms with Gasteiger partial charge in [-0.2, -0.15) is 0 Å². The zero-order valence-corrected chi connectivity index (χ0v) is 11.4. The minimum atomic E-state index is -0.545. The van der Waals surface area contributed by atoms with Gasteiger partial charge in [-0.1, -0.05) is 18.2 Å². The third kappa shape index (κ3) is 2.55. The van der Waals surface area contributed by atoms with Gasteiger partial charge in [-0.05, 0) is 25.1 Å². The van der Waals surface area contributed by atoms with Gasteiger partial charge < -0.3 is 9.15 Å². The summed E-state index contributed by atoms with van der Waals surface area (Å²) in [6, 6.07) is 11.2. The molecule has 0 fully saturated rings. The van der Waals surface area contributed by atoms with Gasteiger partial charge in [-0.25, -0.2) is 14.5 Å². The van der Waals surface area contributed by atoms with Gasteiger partial charge >= 0.3 is 5.97 Å². The zero-order valence-electron chi connectivity index (χ0n) is 11.4. The number of hydrogen-bond donors (Lipinski definition) is 0. The summed E-state index contributed by atoms with van der Waals surface area (Å²) in [5.74, 6) is 0.00633. The quantitative estimate of drug-likeness (QED) is 0.688. The minimum absolute atomic E-state index is 0.0249. The van der Waals surface area contributed by atoms with Gasteiger partial charge in [0.25, 0.3) is 5.82 Å². The van der Waals surface area contributed by atoms with E-state index in [1.807, 2.05) is 30.3 Å². The molecule has 0 unspecified atom stereocenters. The van der Waals surface area contributed by atoms with Crippen molar-refractivity contribution < 1.29 is 13.9 Å². The number of para-hydroxylation sites is 1. The molecule has 0 aliphatic carbocycles. The molecule has 3 rings (SSSR count). The molecule has 0 N–H and O–H groups in total. The van der Waals surface area contributed by atoms with Crippen LogP contribution < -0.4 is 0 Å². The molecule has 2 heterocycles. The standard InChI is InChI=1S/C15H13N3O3/c1-2-21-15(19)13-16-14(11-8-9-20-10-11)18(17-13)12-6-4-3-5-7-12/h3-10H,2H2,1H3. The van der Waals surface area contributed by atoms with Crippen LogP contribution in [0.4, 0.5) is 0 Å². The topological polar surface area (TPSA) is 70.2 Å². The van der Waals surface area contributed by atoms with Gasteiger partial charge in [0.15, 0.2) is 5.82 Å². The van der Waals surface area contributed by atoms with Gasteiger partial charge in [0, 0.05) is 0 Å². The summed E-state index contributed by atoms with van der Waals surface area (Å²) in [5.41, 5.74) is 1.54. The average molecular weight is 283 g/mol. The largest absolute Gasteiger partial charge is 0.472 e. The number of esters is 1. The number of aromatic nitrogens is 3. The summed E-state index contributed by atoms with van der Waals surface area (Å²) in [7, 11) is 0. The maximum absolute atomic E-state index is 11.8. The molecule has 0 radical (unpaired) electrons. The lowest BCUT2D eigenvalue weighted by Crippen LogP contribution is -2.07. The van der Waals surface area contributed by atoms with Crippen LogP contribution in [0.25, 0.3) is 17.1 Å².